The minimum Gasteiger partial charge on any atom is -0.490 e. The van der Waals surface area contributed by atoms with Crippen molar-refractivity contribution in [2.24, 2.45) is 0 Å². The predicted octanol–water partition coefficient (Wildman–Crippen LogP) is 5.84. The third-order valence-corrected chi connectivity index (χ3v) is 4.05. The zero-order chi connectivity index (χ0) is 20.5. The molecule has 7 nitrogen and oxygen atoms in total. The van der Waals surface area contributed by atoms with Crippen molar-refractivity contribution in [3.8, 4) is 17.4 Å². The van der Waals surface area contributed by atoms with Crippen LogP contribution >= 0.6 is 46.4 Å². The fraction of sp³-hybridized carbons (Fsp3) is 0.235. The molecular weight excluding hydrogens is 454 g/mol. The molecule has 0 aliphatic rings. The van der Waals surface area contributed by atoms with Crippen LogP contribution in [0, 0.1) is 10.1 Å². The SMILES string of the molecule is O=[N+]([O-])c1ccc(OCCCOc2c(Cl)cc(OCC=C(Cl)Cl)cc2Cl)nc1. The first-order chi connectivity index (χ1) is 13.4. The molecule has 0 fully saturated rings. The lowest BCUT2D eigenvalue weighted by molar-refractivity contribution is -0.385. The highest BCUT2D eigenvalue weighted by atomic mass is 35.5. The molecule has 0 amide bonds. The fourth-order valence-electron chi connectivity index (χ4n) is 1.93. The van der Waals surface area contributed by atoms with E-state index in [2.05, 4.69) is 4.98 Å². The molecule has 2 aromatic rings. The molecule has 0 aliphatic heterocycles. The van der Waals surface area contributed by atoms with Gasteiger partial charge in [-0.2, -0.15) is 0 Å². The molecule has 0 spiro atoms. The van der Waals surface area contributed by atoms with Crippen molar-refractivity contribution in [3.05, 3.63) is 61.2 Å². The summed E-state index contributed by atoms with van der Waals surface area (Å²) >= 11 is 23.4. The Hall–Kier alpha value is -1.93. The number of nitro groups is 1. The maximum Gasteiger partial charge on any atom is 0.287 e. The largest absolute Gasteiger partial charge is 0.490 e. The zero-order valence-corrected chi connectivity index (χ0v) is 17.3. The number of rotatable bonds is 10. The summed E-state index contributed by atoms with van der Waals surface area (Å²) in [6, 6.07) is 5.88. The number of halogens is 4. The molecule has 0 N–H and O–H groups in total. The summed E-state index contributed by atoms with van der Waals surface area (Å²) in [4.78, 5) is 13.9. The minimum absolute atomic E-state index is 0.100. The maximum atomic E-state index is 10.6. The van der Waals surface area contributed by atoms with Crippen LogP contribution in [0.3, 0.4) is 0 Å². The van der Waals surface area contributed by atoms with Gasteiger partial charge in [0.2, 0.25) is 5.88 Å². The van der Waals surface area contributed by atoms with Gasteiger partial charge in [0.05, 0.1) is 28.2 Å². The molecule has 0 aliphatic carbocycles. The predicted molar refractivity (Wildman–Crippen MR) is 108 cm³/mol. The number of aromatic nitrogens is 1. The van der Waals surface area contributed by atoms with Gasteiger partial charge in [0.15, 0.2) is 5.75 Å². The van der Waals surface area contributed by atoms with Crippen molar-refractivity contribution in [2.75, 3.05) is 19.8 Å². The third kappa shape index (κ3) is 7.24. The Morgan fingerprint density at radius 1 is 1.11 bits per heavy atom. The van der Waals surface area contributed by atoms with Gasteiger partial charge in [-0.1, -0.05) is 46.4 Å². The summed E-state index contributed by atoms with van der Waals surface area (Å²) in [6.07, 6.45) is 3.13. The second kappa shape index (κ2) is 11.2. The van der Waals surface area contributed by atoms with Gasteiger partial charge in [-0.05, 0) is 6.08 Å². The Labute approximate surface area is 180 Å². The van der Waals surface area contributed by atoms with Crippen molar-refractivity contribution in [3.63, 3.8) is 0 Å². The van der Waals surface area contributed by atoms with E-state index in [0.717, 1.165) is 6.20 Å². The average molecular weight is 468 g/mol. The molecule has 1 aromatic carbocycles. The highest BCUT2D eigenvalue weighted by Gasteiger charge is 2.11. The Balaban J connectivity index is 1.79. The molecule has 150 valence electrons. The van der Waals surface area contributed by atoms with E-state index in [1.807, 2.05) is 0 Å². The first kappa shape index (κ1) is 22.4. The Kier molecular flexibility index (Phi) is 8.92. The van der Waals surface area contributed by atoms with Crippen LogP contribution in [0.2, 0.25) is 10.0 Å². The zero-order valence-electron chi connectivity index (χ0n) is 14.2. The standard InChI is InChI=1S/C17H14Cl4N2O5/c18-13-8-12(26-7-4-15(20)21)9-14(19)17(13)28-6-1-5-27-16-3-2-11(10-22-16)23(24)25/h2-4,8-10H,1,5-7H2. The average Bonchev–Trinajstić information content (AvgIpc) is 2.63. The molecule has 1 heterocycles. The first-order valence-electron chi connectivity index (χ1n) is 7.86. The minimum atomic E-state index is -0.530. The van der Waals surface area contributed by atoms with Crippen LogP contribution in [0.25, 0.3) is 0 Å². The summed E-state index contributed by atoms with van der Waals surface area (Å²) in [5.41, 5.74) is -0.103. The summed E-state index contributed by atoms with van der Waals surface area (Å²) in [7, 11) is 0. The summed E-state index contributed by atoms with van der Waals surface area (Å²) in [6.45, 7) is 0.757. The topological polar surface area (TPSA) is 83.7 Å². The lowest BCUT2D eigenvalue weighted by Gasteiger charge is -2.12. The van der Waals surface area contributed by atoms with Crippen molar-refractivity contribution >= 4 is 52.1 Å². The lowest BCUT2D eigenvalue weighted by Crippen LogP contribution is -2.06. The monoisotopic (exact) mass is 466 g/mol. The third-order valence-electron chi connectivity index (χ3n) is 3.18. The first-order valence-corrected chi connectivity index (χ1v) is 9.37. The van der Waals surface area contributed by atoms with Crippen LogP contribution < -0.4 is 14.2 Å². The molecule has 11 heteroatoms. The Morgan fingerprint density at radius 3 is 2.36 bits per heavy atom. The molecule has 0 saturated carbocycles. The molecule has 2 rings (SSSR count). The van der Waals surface area contributed by atoms with E-state index in [9.17, 15) is 10.1 Å². The van der Waals surface area contributed by atoms with Gasteiger partial charge in [-0.3, -0.25) is 10.1 Å². The van der Waals surface area contributed by atoms with Crippen LogP contribution in [0.15, 0.2) is 41.0 Å². The van der Waals surface area contributed by atoms with Crippen LogP contribution in [-0.2, 0) is 0 Å². The quantitative estimate of drug-likeness (QED) is 0.248. The number of ether oxygens (including phenoxy) is 3. The van der Waals surface area contributed by atoms with Gasteiger partial charge in [0.25, 0.3) is 5.69 Å². The number of benzene rings is 1. The number of hydrogen-bond acceptors (Lipinski definition) is 6. The fourth-order valence-corrected chi connectivity index (χ4v) is 2.64. The van der Waals surface area contributed by atoms with E-state index in [1.54, 1.807) is 12.1 Å². The van der Waals surface area contributed by atoms with Crippen LogP contribution in [0.1, 0.15) is 6.42 Å². The van der Waals surface area contributed by atoms with Crippen LogP contribution in [-0.4, -0.2) is 29.7 Å². The van der Waals surface area contributed by atoms with Crippen molar-refractivity contribution in [1.29, 1.82) is 0 Å². The smallest absolute Gasteiger partial charge is 0.287 e. The molecule has 0 saturated heterocycles. The van der Waals surface area contributed by atoms with Gasteiger partial charge in [-0.25, -0.2) is 4.98 Å². The summed E-state index contributed by atoms with van der Waals surface area (Å²) in [5, 5.41) is 11.2. The molecule has 0 bridgehead atoms. The summed E-state index contributed by atoms with van der Waals surface area (Å²) < 4.78 is 16.5. The van der Waals surface area contributed by atoms with Crippen molar-refractivity contribution < 1.29 is 19.1 Å². The lowest BCUT2D eigenvalue weighted by atomic mass is 10.3. The molecular formula is C17H14Cl4N2O5. The van der Waals surface area contributed by atoms with E-state index in [-0.39, 0.29) is 29.3 Å². The van der Waals surface area contributed by atoms with E-state index < -0.39 is 4.92 Å². The van der Waals surface area contributed by atoms with Crippen molar-refractivity contribution in [2.45, 2.75) is 6.42 Å². The van der Waals surface area contributed by atoms with Gasteiger partial charge in [0.1, 0.15) is 23.0 Å². The van der Waals surface area contributed by atoms with Gasteiger partial charge < -0.3 is 14.2 Å². The highest BCUT2D eigenvalue weighted by molar-refractivity contribution is 6.55. The maximum absolute atomic E-state index is 10.6. The van der Waals surface area contributed by atoms with E-state index >= 15 is 0 Å². The molecule has 28 heavy (non-hydrogen) atoms. The number of nitrogens with zero attached hydrogens (tertiary/aromatic N) is 2. The molecule has 0 unspecified atom stereocenters. The van der Waals surface area contributed by atoms with Crippen molar-refractivity contribution in [1.82, 2.24) is 4.98 Å². The Morgan fingerprint density at radius 2 is 1.79 bits per heavy atom. The van der Waals surface area contributed by atoms with Gasteiger partial charge >= 0.3 is 0 Å². The normalized spacial score (nSPS) is 10.3. The second-order valence-electron chi connectivity index (χ2n) is 5.18. The van der Waals surface area contributed by atoms with Gasteiger partial charge in [-0.15, -0.1) is 0 Å². The molecule has 0 radical (unpaired) electrons. The van der Waals surface area contributed by atoms with Crippen LogP contribution in [0.4, 0.5) is 5.69 Å². The molecule has 1 aromatic heterocycles. The number of pyridine rings is 1. The second-order valence-corrected chi connectivity index (χ2v) is 7.01. The Bertz CT molecular complexity index is 819. The molecule has 0 atom stereocenters. The van der Waals surface area contributed by atoms with Gasteiger partial charge in [0, 0.05) is 30.7 Å². The summed E-state index contributed by atoms with van der Waals surface area (Å²) in [5.74, 6) is 1.06. The van der Waals surface area contributed by atoms with E-state index in [4.69, 9.17) is 60.6 Å². The van der Waals surface area contributed by atoms with E-state index in [0.29, 0.717) is 34.6 Å². The van der Waals surface area contributed by atoms with Crippen LogP contribution in [0.5, 0.6) is 17.4 Å². The van der Waals surface area contributed by atoms with E-state index in [1.165, 1.54) is 18.2 Å². The highest BCUT2D eigenvalue weighted by Crippen LogP contribution is 2.37. The number of hydrogen-bond donors (Lipinski definition) is 0.